The number of hydrogen-bond acceptors (Lipinski definition) is 8. The SMILES string of the molecule is Cc1nc(-c2ccc(N3CC(C(O)S(C)(=O)=O)OC3=O)cc2)no1. The maximum Gasteiger partial charge on any atom is 0.414 e. The van der Waals surface area contributed by atoms with E-state index in [1.54, 1.807) is 31.2 Å². The van der Waals surface area contributed by atoms with E-state index in [1.165, 1.54) is 4.90 Å². The van der Waals surface area contributed by atoms with Gasteiger partial charge in [-0.25, -0.2) is 13.2 Å². The fourth-order valence-electron chi connectivity index (χ4n) is 2.33. The van der Waals surface area contributed by atoms with Gasteiger partial charge >= 0.3 is 6.09 Å². The highest BCUT2D eigenvalue weighted by Crippen LogP contribution is 2.26. The minimum absolute atomic E-state index is 0.0618. The first-order valence-electron chi connectivity index (χ1n) is 7.01. The predicted molar refractivity (Wildman–Crippen MR) is 82.9 cm³/mol. The summed E-state index contributed by atoms with van der Waals surface area (Å²) in [5.74, 6) is 0.864. The molecule has 3 rings (SSSR count). The van der Waals surface area contributed by atoms with E-state index in [0.717, 1.165) is 6.26 Å². The molecule has 1 aromatic carbocycles. The second-order valence-corrected chi connectivity index (χ2v) is 7.58. The van der Waals surface area contributed by atoms with Gasteiger partial charge in [0.1, 0.15) is 0 Å². The quantitative estimate of drug-likeness (QED) is 0.853. The molecule has 0 bridgehead atoms. The first-order chi connectivity index (χ1) is 11.3. The fraction of sp³-hybridized carbons (Fsp3) is 0.357. The van der Waals surface area contributed by atoms with Crippen LogP contribution >= 0.6 is 0 Å². The predicted octanol–water partition coefficient (Wildman–Crippen LogP) is 0.733. The molecule has 2 heterocycles. The molecule has 1 N–H and O–H groups in total. The molecule has 0 radical (unpaired) electrons. The lowest BCUT2D eigenvalue weighted by atomic mass is 10.2. The molecule has 2 atom stereocenters. The lowest BCUT2D eigenvalue weighted by Crippen LogP contribution is -2.36. The molecular weight excluding hydrogens is 338 g/mol. The number of carbonyl (C=O) groups is 1. The van der Waals surface area contributed by atoms with Gasteiger partial charge in [0.25, 0.3) is 0 Å². The lowest BCUT2D eigenvalue weighted by molar-refractivity contribution is 0.0751. The third-order valence-corrected chi connectivity index (χ3v) is 4.74. The van der Waals surface area contributed by atoms with Gasteiger partial charge in [-0.3, -0.25) is 4.90 Å². The van der Waals surface area contributed by atoms with E-state index in [9.17, 15) is 18.3 Å². The van der Waals surface area contributed by atoms with Crippen molar-refractivity contribution in [2.45, 2.75) is 18.5 Å². The first kappa shape index (κ1) is 16.4. The second-order valence-electron chi connectivity index (χ2n) is 5.44. The maximum atomic E-state index is 11.9. The minimum atomic E-state index is -3.73. The molecule has 2 aromatic rings. The van der Waals surface area contributed by atoms with E-state index in [-0.39, 0.29) is 6.54 Å². The van der Waals surface area contributed by atoms with Crippen LogP contribution in [0.1, 0.15) is 5.89 Å². The summed E-state index contributed by atoms with van der Waals surface area (Å²) in [5.41, 5.74) is -0.545. The molecule has 1 amide bonds. The van der Waals surface area contributed by atoms with Crippen molar-refractivity contribution >= 4 is 21.6 Å². The Labute approximate surface area is 137 Å². The Kier molecular flexibility index (Phi) is 4.01. The first-order valence-corrected chi connectivity index (χ1v) is 8.97. The van der Waals surface area contributed by atoms with Crippen molar-refractivity contribution in [3.63, 3.8) is 0 Å². The van der Waals surface area contributed by atoms with Crippen molar-refractivity contribution in [2.75, 3.05) is 17.7 Å². The van der Waals surface area contributed by atoms with Gasteiger partial charge in [-0.05, 0) is 24.3 Å². The molecule has 24 heavy (non-hydrogen) atoms. The molecular formula is C14H15N3O6S. The number of carbonyl (C=O) groups excluding carboxylic acids is 1. The van der Waals surface area contributed by atoms with Gasteiger partial charge in [-0.2, -0.15) is 4.98 Å². The zero-order chi connectivity index (χ0) is 17.5. The Morgan fingerprint density at radius 2 is 2.00 bits per heavy atom. The highest BCUT2D eigenvalue weighted by Gasteiger charge is 2.40. The number of cyclic esters (lactones) is 1. The van der Waals surface area contributed by atoms with Crippen LogP contribution in [0.4, 0.5) is 10.5 Å². The number of nitrogens with zero attached hydrogens (tertiary/aromatic N) is 3. The molecule has 0 aliphatic carbocycles. The number of ether oxygens (including phenoxy) is 1. The van der Waals surface area contributed by atoms with Crippen LogP contribution in [0.5, 0.6) is 0 Å². The summed E-state index contributed by atoms with van der Waals surface area (Å²) < 4.78 is 32.6. The highest BCUT2D eigenvalue weighted by atomic mass is 32.2. The zero-order valence-corrected chi connectivity index (χ0v) is 13.7. The van der Waals surface area contributed by atoms with Crippen LogP contribution in [0.15, 0.2) is 28.8 Å². The van der Waals surface area contributed by atoms with Gasteiger partial charge in [0.15, 0.2) is 21.4 Å². The molecule has 0 spiro atoms. The Morgan fingerprint density at radius 3 is 2.54 bits per heavy atom. The van der Waals surface area contributed by atoms with Crippen molar-refractivity contribution in [1.29, 1.82) is 0 Å². The summed E-state index contributed by atoms with van der Waals surface area (Å²) in [7, 11) is -3.73. The van der Waals surface area contributed by atoms with Crippen LogP contribution in [0, 0.1) is 6.92 Å². The Balaban J connectivity index is 1.78. The molecule has 1 aromatic heterocycles. The van der Waals surface area contributed by atoms with Gasteiger partial charge in [0, 0.05) is 24.4 Å². The summed E-state index contributed by atoms with van der Waals surface area (Å²) in [6.07, 6.45) is -0.964. The van der Waals surface area contributed by atoms with Crippen molar-refractivity contribution < 1.29 is 27.6 Å². The average Bonchev–Trinajstić information content (AvgIpc) is 3.12. The van der Waals surface area contributed by atoms with E-state index in [2.05, 4.69) is 10.1 Å². The monoisotopic (exact) mass is 353 g/mol. The number of aromatic nitrogens is 2. The van der Waals surface area contributed by atoms with E-state index < -0.39 is 27.5 Å². The number of anilines is 1. The number of benzene rings is 1. The average molecular weight is 353 g/mol. The third kappa shape index (κ3) is 3.10. The molecule has 10 heteroatoms. The van der Waals surface area contributed by atoms with Crippen molar-refractivity contribution in [2.24, 2.45) is 0 Å². The van der Waals surface area contributed by atoms with Crippen molar-refractivity contribution in [3.8, 4) is 11.4 Å². The molecule has 2 unspecified atom stereocenters. The summed E-state index contributed by atoms with van der Waals surface area (Å²) in [6.45, 7) is 1.62. The van der Waals surface area contributed by atoms with Gasteiger partial charge in [0.05, 0.1) is 6.54 Å². The summed E-state index contributed by atoms with van der Waals surface area (Å²) in [4.78, 5) is 17.3. The van der Waals surface area contributed by atoms with Crippen LogP contribution in [0.3, 0.4) is 0 Å². The van der Waals surface area contributed by atoms with Gasteiger partial charge in [-0.1, -0.05) is 5.16 Å². The van der Waals surface area contributed by atoms with Crippen LogP contribution in [0.25, 0.3) is 11.4 Å². The van der Waals surface area contributed by atoms with Crippen LogP contribution in [-0.2, 0) is 14.6 Å². The van der Waals surface area contributed by atoms with Crippen molar-refractivity contribution in [3.05, 3.63) is 30.2 Å². The maximum absolute atomic E-state index is 11.9. The van der Waals surface area contributed by atoms with Gasteiger partial charge in [0.2, 0.25) is 11.7 Å². The molecule has 1 saturated heterocycles. The fourth-order valence-corrected chi connectivity index (χ4v) is 3.02. The Hall–Kier alpha value is -2.46. The zero-order valence-electron chi connectivity index (χ0n) is 12.9. The third-order valence-electron chi connectivity index (χ3n) is 3.56. The smallest absolute Gasteiger partial charge is 0.414 e. The molecule has 0 saturated carbocycles. The molecule has 1 fully saturated rings. The summed E-state index contributed by atoms with van der Waals surface area (Å²) in [6, 6.07) is 6.70. The minimum Gasteiger partial charge on any atom is -0.440 e. The summed E-state index contributed by atoms with van der Waals surface area (Å²) in [5, 5.41) is 13.5. The number of hydrogen-bond donors (Lipinski definition) is 1. The van der Waals surface area contributed by atoms with Crippen molar-refractivity contribution in [1.82, 2.24) is 10.1 Å². The van der Waals surface area contributed by atoms with E-state index in [4.69, 9.17) is 9.26 Å². The van der Waals surface area contributed by atoms with Crippen LogP contribution < -0.4 is 4.90 Å². The summed E-state index contributed by atoms with van der Waals surface area (Å²) >= 11 is 0. The number of rotatable bonds is 4. The molecule has 9 nitrogen and oxygen atoms in total. The van der Waals surface area contributed by atoms with E-state index >= 15 is 0 Å². The van der Waals surface area contributed by atoms with E-state index in [0.29, 0.717) is 23.0 Å². The number of aliphatic hydroxyl groups is 1. The lowest BCUT2D eigenvalue weighted by Gasteiger charge is -2.15. The number of aryl methyl sites for hydroxylation is 1. The second kappa shape index (κ2) is 5.87. The van der Waals surface area contributed by atoms with E-state index in [1.807, 2.05) is 0 Å². The highest BCUT2D eigenvalue weighted by molar-refractivity contribution is 7.91. The Bertz CT molecular complexity index is 861. The number of sulfone groups is 1. The molecule has 1 aliphatic heterocycles. The van der Waals surface area contributed by atoms with Crippen LogP contribution in [-0.4, -0.2) is 54.1 Å². The normalized spacial score (nSPS) is 19.4. The number of amides is 1. The number of aliphatic hydroxyl groups excluding tert-OH is 1. The largest absolute Gasteiger partial charge is 0.440 e. The standard InChI is InChI=1S/C14H15N3O6S/c1-8-15-12(16-23-8)9-3-5-10(6-4-9)17-7-11(22-14(17)19)13(18)24(2,20)21/h3-6,11,13,18H,7H2,1-2H3. The van der Waals surface area contributed by atoms with Gasteiger partial charge in [-0.15, -0.1) is 0 Å². The molecule has 1 aliphatic rings. The van der Waals surface area contributed by atoms with Gasteiger partial charge < -0.3 is 14.4 Å². The van der Waals surface area contributed by atoms with Crippen LogP contribution in [0.2, 0.25) is 0 Å². The molecule has 128 valence electrons. The topological polar surface area (TPSA) is 123 Å². The Morgan fingerprint density at radius 1 is 1.33 bits per heavy atom.